The Balaban J connectivity index is 5.31. The molecule has 0 heterocycles. The first-order valence-corrected chi connectivity index (χ1v) is 8.71. The number of carboxylic acid groups (broad SMARTS) is 2. The Bertz CT molecular complexity index is 568. The van der Waals surface area contributed by atoms with Crippen molar-refractivity contribution in [3.8, 4) is 0 Å². The molecule has 5 atom stereocenters. The number of aliphatic carboxylic acids is 2. The fraction of sp³-hybridized carbons (Fsp3) is 0.750. The average molecular weight is 389 g/mol. The fourth-order valence-electron chi connectivity index (χ4n) is 2.23. The Morgan fingerprint density at radius 1 is 0.889 bits per heavy atom. The number of hydrogen-bond donors (Lipinski definition) is 7. The Morgan fingerprint density at radius 2 is 1.26 bits per heavy atom. The zero-order valence-corrected chi connectivity index (χ0v) is 16.1. The van der Waals surface area contributed by atoms with Crippen LogP contribution in [-0.4, -0.2) is 57.8 Å². The average Bonchev–Trinajstić information content (AvgIpc) is 2.60. The van der Waals surface area contributed by atoms with Crippen molar-refractivity contribution in [3.05, 3.63) is 0 Å². The Labute approximate surface area is 158 Å². The smallest absolute Gasteiger partial charge is 0.326 e. The molecule has 0 aliphatic carbocycles. The Kier molecular flexibility index (Phi) is 9.34. The van der Waals surface area contributed by atoms with Gasteiger partial charge in [-0.05, 0) is 11.8 Å². The lowest BCUT2D eigenvalue weighted by Crippen LogP contribution is -2.75. The largest absolute Gasteiger partial charge is 0.480 e. The minimum atomic E-state index is -2.44. The zero-order valence-electron chi connectivity index (χ0n) is 16.1. The van der Waals surface area contributed by atoms with Crippen LogP contribution in [0.25, 0.3) is 0 Å². The second kappa shape index (κ2) is 10.2. The van der Waals surface area contributed by atoms with Crippen LogP contribution in [0.15, 0.2) is 0 Å². The summed E-state index contributed by atoms with van der Waals surface area (Å²) in [4.78, 5) is 47.3. The first-order chi connectivity index (χ1) is 12.3. The number of carbonyl (C=O) groups is 4. The molecule has 0 saturated carbocycles. The Morgan fingerprint density at radius 3 is 1.59 bits per heavy atom. The van der Waals surface area contributed by atoms with E-state index in [1.807, 2.05) is 0 Å². The van der Waals surface area contributed by atoms with E-state index in [0.29, 0.717) is 12.8 Å². The predicted octanol–water partition coefficient (Wildman–Crippen LogP) is -1.84. The third kappa shape index (κ3) is 6.45. The summed E-state index contributed by atoms with van der Waals surface area (Å²) in [5.74, 6) is -5.54. The van der Waals surface area contributed by atoms with Crippen molar-refractivity contribution in [2.75, 3.05) is 0 Å². The van der Waals surface area contributed by atoms with Gasteiger partial charge in [0.05, 0.1) is 0 Å². The first-order valence-electron chi connectivity index (χ1n) is 8.71. The number of carboxylic acids is 2. The molecular weight excluding hydrogens is 358 g/mol. The molecule has 0 aliphatic rings. The van der Waals surface area contributed by atoms with E-state index in [1.165, 1.54) is 0 Å². The molecule has 0 aliphatic heterocycles. The van der Waals surface area contributed by atoms with Crippen LogP contribution in [0.2, 0.25) is 0 Å². The molecule has 0 rings (SSSR count). The molecule has 0 spiro atoms. The van der Waals surface area contributed by atoms with Crippen LogP contribution in [-0.2, 0) is 19.2 Å². The normalized spacial score (nSPS) is 17.1. The number of nitrogens with two attached hydrogens (primary N) is 3. The summed E-state index contributed by atoms with van der Waals surface area (Å²) in [5.41, 5.74) is 14.6. The minimum absolute atomic E-state index is 0.403. The van der Waals surface area contributed by atoms with E-state index in [9.17, 15) is 29.4 Å². The summed E-state index contributed by atoms with van der Waals surface area (Å²) in [5, 5.41) is 22.9. The van der Waals surface area contributed by atoms with Crippen LogP contribution in [0.1, 0.15) is 40.5 Å². The lowest BCUT2D eigenvalue weighted by Gasteiger charge is -2.32. The van der Waals surface area contributed by atoms with Crippen molar-refractivity contribution in [2.45, 2.75) is 64.3 Å². The molecule has 0 radical (unpaired) electrons. The maximum absolute atomic E-state index is 12.4. The third-order valence-electron chi connectivity index (χ3n) is 4.73. The van der Waals surface area contributed by atoms with E-state index in [0.717, 1.165) is 0 Å². The van der Waals surface area contributed by atoms with Gasteiger partial charge in [-0.15, -0.1) is 0 Å². The van der Waals surface area contributed by atoms with E-state index in [1.54, 1.807) is 27.7 Å². The highest BCUT2D eigenvalue weighted by atomic mass is 16.4. The molecular formula is C16H31N5O6. The van der Waals surface area contributed by atoms with Gasteiger partial charge in [-0.25, -0.2) is 9.59 Å². The van der Waals surface area contributed by atoms with Gasteiger partial charge in [-0.2, -0.15) is 0 Å². The second-order valence-corrected chi connectivity index (χ2v) is 6.80. The van der Waals surface area contributed by atoms with Gasteiger partial charge in [-0.3, -0.25) is 9.59 Å². The molecule has 11 nitrogen and oxygen atoms in total. The number of carbonyl (C=O) groups excluding carboxylic acids is 2. The maximum Gasteiger partial charge on any atom is 0.326 e. The van der Waals surface area contributed by atoms with Gasteiger partial charge < -0.3 is 38.0 Å². The number of rotatable bonds is 11. The molecule has 10 N–H and O–H groups in total. The molecule has 0 bridgehead atoms. The van der Waals surface area contributed by atoms with Crippen molar-refractivity contribution in [3.63, 3.8) is 0 Å². The van der Waals surface area contributed by atoms with Crippen molar-refractivity contribution < 1.29 is 29.4 Å². The summed E-state index contributed by atoms with van der Waals surface area (Å²) in [6.07, 6.45) is 0.930. The van der Waals surface area contributed by atoms with Crippen LogP contribution < -0.4 is 27.8 Å². The lowest BCUT2D eigenvalue weighted by atomic mass is 9.95. The van der Waals surface area contributed by atoms with Gasteiger partial charge in [0.15, 0.2) is 5.66 Å². The van der Waals surface area contributed by atoms with E-state index >= 15 is 0 Å². The van der Waals surface area contributed by atoms with Crippen molar-refractivity contribution in [2.24, 2.45) is 29.0 Å². The molecule has 0 saturated heterocycles. The summed E-state index contributed by atoms with van der Waals surface area (Å²) in [6.45, 7) is 6.73. The van der Waals surface area contributed by atoms with E-state index < -0.39 is 59.4 Å². The molecule has 0 fully saturated rings. The van der Waals surface area contributed by atoms with E-state index in [-0.39, 0.29) is 0 Å². The molecule has 156 valence electrons. The molecule has 0 aromatic heterocycles. The van der Waals surface area contributed by atoms with Gasteiger partial charge in [-0.1, -0.05) is 40.5 Å². The number of nitrogens with one attached hydrogen (secondary N) is 2. The quantitative estimate of drug-likeness (QED) is 0.197. The minimum Gasteiger partial charge on any atom is -0.480 e. The van der Waals surface area contributed by atoms with Crippen LogP contribution in [0, 0.1) is 11.8 Å². The standard InChI is InChI=1S/C16H31N5O6/c1-5-7(3)9(13(23)24)20-12(22)11(17)16(18,19)15(27)21-10(14(25)26)8(4)6-2/h7-11H,5-6,17-19H2,1-4H3,(H,20,22)(H,21,27)(H,23,24)(H,25,26)/t7?,8?,9-,10-,11+/m0/s1. The molecule has 27 heavy (non-hydrogen) atoms. The van der Waals surface area contributed by atoms with Gasteiger partial charge in [0.1, 0.15) is 18.1 Å². The highest BCUT2D eigenvalue weighted by molar-refractivity contribution is 5.97. The lowest BCUT2D eigenvalue weighted by molar-refractivity contribution is -0.146. The van der Waals surface area contributed by atoms with Crippen molar-refractivity contribution in [1.29, 1.82) is 0 Å². The van der Waals surface area contributed by atoms with Crippen LogP contribution in [0.3, 0.4) is 0 Å². The fourth-order valence-corrected chi connectivity index (χ4v) is 2.23. The summed E-state index contributed by atoms with van der Waals surface area (Å²) in [6, 6.07) is -4.30. The van der Waals surface area contributed by atoms with Crippen molar-refractivity contribution >= 4 is 23.8 Å². The van der Waals surface area contributed by atoms with Crippen LogP contribution in [0.5, 0.6) is 0 Å². The van der Waals surface area contributed by atoms with Gasteiger partial charge in [0, 0.05) is 0 Å². The van der Waals surface area contributed by atoms with Gasteiger partial charge in [0.25, 0.3) is 5.91 Å². The van der Waals surface area contributed by atoms with Crippen molar-refractivity contribution in [1.82, 2.24) is 10.6 Å². The Hall–Kier alpha value is -2.24. The summed E-state index contributed by atoms with van der Waals surface area (Å²) < 4.78 is 0. The van der Waals surface area contributed by atoms with Crippen LogP contribution in [0.4, 0.5) is 0 Å². The molecule has 2 unspecified atom stereocenters. The predicted molar refractivity (Wildman–Crippen MR) is 97.1 cm³/mol. The highest BCUT2D eigenvalue weighted by Gasteiger charge is 2.43. The maximum atomic E-state index is 12.4. The molecule has 0 aromatic carbocycles. The monoisotopic (exact) mass is 389 g/mol. The second-order valence-electron chi connectivity index (χ2n) is 6.80. The molecule has 0 aromatic rings. The highest BCUT2D eigenvalue weighted by Crippen LogP contribution is 2.11. The number of amides is 2. The molecule has 11 heteroatoms. The SMILES string of the molecule is CCC(C)[C@H](NC(=O)[C@@H](N)C(N)(N)C(=O)N[C@H](C(=O)O)C(C)CC)C(=O)O. The summed E-state index contributed by atoms with van der Waals surface area (Å²) in [7, 11) is 0. The van der Waals surface area contributed by atoms with Gasteiger partial charge in [0.2, 0.25) is 5.91 Å². The molecule has 2 amide bonds. The van der Waals surface area contributed by atoms with E-state index in [4.69, 9.17) is 17.2 Å². The number of hydrogen-bond acceptors (Lipinski definition) is 7. The first kappa shape index (κ1) is 24.8. The van der Waals surface area contributed by atoms with E-state index in [2.05, 4.69) is 10.6 Å². The van der Waals surface area contributed by atoms with Crippen LogP contribution >= 0.6 is 0 Å². The third-order valence-corrected chi connectivity index (χ3v) is 4.73. The topological polar surface area (TPSA) is 211 Å². The zero-order chi connectivity index (χ0) is 21.5. The summed E-state index contributed by atoms with van der Waals surface area (Å²) >= 11 is 0. The van der Waals surface area contributed by atoms with Gasteiger partial charge >= 0.3 is 11.9 Å².